The summed E-state index contributed by atoms with van der Waals surface area (Å²) in [6, 6.07) is 8.49. The molecular formula is C18H23N3OS. The Balaban J connectivity index is 1.97. The number of hydrogen-bond donors (Lipinski definition) is 1. The molecule has 0 aliphatic carbocycles. The van der Waals surface area contributed by atoms with Crippen molar-refractivity contribution >= 4 is 16.3 Å². The zero-order valence-corrected chi connectivity index (χ0v) is 14.7. The minimum Gasteiger partial charge on any atom is -0.390 e. The Morgan fingerprint density at radius 3 is 2.57 bits per heavy atom. The van der Waals surface area contributed by atoms with E-state index in [4.69, 9.17) is 4.98 Å². The van der Waals surface area contributed by atoms with Gasteiger partial charge >= 0.3 is 0 Å². The molecule has 0 fully saturated rings. The van der Waals surface area contributed by atoms with Crippen LogP contribution < -0.4 is 0 Å². The van der Waals surface area contributed by atoms with E-state index in [9.17, 15) is 5.11 Å². The van der Waals surface area contributed by atoms with Gasteiger partial charge in [0.25, 0.3) is 0 Å². The maximum absolute atomic E-state index is 9.78. The van der Waals surface area contributed by atoms with E-state index in [0.717, 1.165) is 46.2 Å². The summed E-state index contributed by atoms with van der Waals surface area (Å²) in [5.41, 5.74) is 3.98. The molecule has 0 aliphatic rings. The largest absolute Gasteiger partial charge is 0.390 e. The summed E-state index contributed by atoms with van der Waals surface area (Å²) >= 11 is 1.61. The van der Waals surface area contributed by atoms with E-state index in [1.54, 1.807) is 15.9 Å². The summed E-state index contributed by atoms with van der Waals surface area (Å²) in [5, 5.41) is 15.4. The lowest BCUT2D eigenvalue weighted by Gasteiger charge is -2.06. The zero-order valence-electron chi connectivity index (χ0n) is 13.9. The van der Waals surface area contributed by atoms with Gasteiger partial charge in [0.2, 0.25) is 4.96 Å². The number of imidazole rings is 1. The summed E-state index contributed by atoms with van der Waals surface area (Å²) in [6.45, 7) is 6.53. The smallest absolute Gasteiger partial charge is 0.213 e. The van der Waals surface area contributed by atoms with Gasteiger partial charge in [-0.2, -0.15) is 5.10 Å². The predicted octanol–water partition coefficient (Wildman–Crippen LogP) is 4.10. The summed E-state index contributed by atoms with van der Waals surface area (Å²) < 4.78 is 1.80. The van der Waals surface area contributed by atoms with Crippen LogP contribution in [0.1, 0.15) is 43.5 Å². The molecule has 0 saturated carbocycles. The molecular weight excluding hydrogens is 306 g/mol. The number of aromatic nitrogens is 3. The SMILES string of the molecule is CCCc1nn2c(CO)c(-c3ccc(CC(C)C)cc3)nc2s1. The zero-order chi connectivity index (χ0) is 16.4. The van der Waals surface area contributed by atoms with Gasteiger partial charge in [0.15, 0.2) is 0 Å². The standard InChI is InChI=1S/C18H23N3OS/c1-4-5-16-20-21-15(11-22)17(19-18(21)23-16)14-8-6-13(7-9-14)10-12(2)3/h6-9,12,22H,4-5,10-11H2,1-3H3. The highest BCUT2D eigenvalue weighted by molar-refractivity contribution is 7.16. The first-order valence-corrected chi connectivity index (χ1v) is 9.01. The first kappa shape index (κ1) is 16.1. The van der Waals surface area contributed by atoms with E-state index >= 15 is 0 Å². The average molecular weight is 329 g/mol. The van der Waals surface area contributed by atoms with Gasteiger partial charge in [0.1, 0.15) is 5.01 Å². The Morgan fingerprint density at radius 2 is 1.96 bits per heavy atom. The van der Waals surface area contributed by atoms with Gasteiger partial charge in [-0.05, 0) is 24.3 Å². The molecule has 2 aromatic heterocycles. The highest BCUT2D eigenvalue weighted by Crippen LogP contribution is 2.28. The second-order valence-electron chi connectivity index (χ2n) is 6.30. The number of benzene rings is 1. The van der Waals surface area contributed by atoms with Crippen LogP contribution >= 0.6 is 11.3 Å². The number of rotatable bonds is 6. The third-order valence-electron chi connectivity index (χ3n) is 3.82. The van der Waals surface area contributed by atoms with Gasteiger partial charge in [0.05, 0.1) is 18.0 Å². The van der Waals surface area contributed by atoms with E-state index in [1.165, 1.54) is 5.56 Å². The van der Waals surface area contributed by atoms with Crippen LogP contribution in [0.4, 0.5) is 0 Å². The molecule has 5 heteroatoms. The normalized spacial score (nSPS) is 11.7. The monoisotopic (exact) mass is 329 g/mol. The molecule has 0 radical (unpaired) electrons. The molecule has 0 saturated heterocycles. The molecule has 0 atom stereocenters. The van der Waals surface area contributed by atoms with Crippen LogP contribution in [-0.2, 0) is 19.4 Å². The van der Waals surface area contributed by atoms with Crippen LogP contribution in [0.5, 0.6) is 0 Å². The predicted molar refractivity (Wildman–Crippen MR) is 94.8 cm³/mol. The minimum atomic E-state index is -0.0560. The maximum atomic E-state index is 9.78. The summed E-state index contributed by atoms with van der Waals surface area (Å²) in [5.74, 6) is 0.646. The van der Waals surface area contributed by atoms with Crippen molar-refractivity contribution in [3.8, 4) is 11.3 Å². The first-order chi connectivity index (χ1) is 11.1. The van der Waals surface area contributed by atoms with Crippen LogP contribution in [0.2, 0.25) is 0 Å². The summed E-state index contributed by atoms with van der Waals surface area (Å²) in [6.07, 6.45) is 3.10. The number of hydrogen-bond acceptors (Lipinski definition) is 4. The van der Waals surface area contributed by atoms with Crippen LogP contribution in [0.3, 0.4) is 0 Å². The lowest BCUT2D eigenvalue weighted by molar-refractivity contribution is 0.275. The topological polar surface area (TPSA) is 50.4 Å². The Hall–Kier alpha value is -1.72. The highest BCUT2D eigenvalue weighted by atomic mass is 32.1. The highest BCUT2D eigenvalue weighted by Gasteiger charge is 2.17. The Bertz CT molecular complexity index is 787. The molecule has 3 rings (SSSR count). The van der Waals surface area contributed by atoms with Crippen molar-refractivity contribution < 1.29 is 5.11 Å². The fourth-order valence-corrected chi connectivity index (χ4v) is 3.80. The van der Waals surface area contributed by atoms with E-state index in [1.807, 2.05) is 0 Å². The number of fused-ring (bicyclic) bond motifs is 1. The molecule has 3 aromatic rings. The lowest BCUT2D eigenvalue weighted by Crippen LogP contribution is -1.97. The molecule has 0 spiro atoms. The second kappa shape index (κ2) is 6.81. The van der Waals surface area contributed by atoms with E-state index in [0.29, 0.717) is 5.92 Å². The van der Waals surface area contributed by atoms with Crippen LogP contribution in [0, 0.1) is 5.92 Å². The quantitative estimate of drug-likeness (QED) is 0.740. The first-order valence-electron chi connectivity index (χ1n) is 8.19. The summed E-state index contributed by atoms with van der Waals surface area (Å²) in [7, 11) is 0. The van der Waals surface area contributed by atoms with Crippen molar-refractivity contribution in [1.29, 1.82) is 0 Å². The Morgan fingerprint density at radius 1 is 1.22 bits per heavy atom. The van der Waals surface area contributed by atoms with Gasteiger partial charge in [-0.3, -0.25) is 0 Å². The minimum absolute atomic E-state index is 0.0560. The number of nitrogens with zero attached hydrogens (tertiary/aromatic N) is 3. The number of aryl methyl sites for hydroxylation is 1. The lowest BCUT2D eigenvalue weighted by atomic mass is 10.0. The van der Waals surface area contributed by atoms with Crippen LogP contribution in [0.25, 0.3) is 16.2 Å². The maximum Gasteiger partial charge on any atom is 0.213 e. The van der Waals surface area contributed by atoms with Crippen molar-refractivity contribution in [1.82, 2.24) is 14.6 Å². The van der Waals surface area contributed by atoms with Gasteiger partial charge in [0, 0.05) is 12.0 Å². The average Bonchev–Trinajstić information content (AvgIpc) is 3.04. The van der Waals surface area contributed by atoms with Crippen molar-refractivity contribution in [2.75, 3.05) is 0 Å². The van der Waals surface area contributed by atoms with Gasteiger partial charge in [-0.1, -0.05) is 56.4 Å². The van der Waals surface area contributed by atoms with E-state index in [2.05, 4.69) is 50.1 Å². The Labute approximate surface area is 140 Å². The summed E-state index contributed by atoms with van der Waals surface area (Å²) in [4.78, 5) is 5.57. The number of aliphatic hydroxyl groups is 1. The second-order valence-corrected chi connectivity index (χ2v) is 7.34. The fraction of sp³-hybridized carbons (Fsp3) is 0.444. The number of aliphatic hydroxyl groups excluding tert-OH is 1. The molecule has 0 unspecified atom stereocenters. The molecule has 0 bridgehead atoms. The van der Waals surface area contributed by atoms with Gasteiger partial charge in [-0.25, -0.2) is 9.50 Å². The van der Waals surface area contributed by atoms with Gasteiger partial charge < -0.3 is 5.11 Å². The molecule has 2 heterocycles. The Kier molecular flexibility index (Phi) is 4.78. The van der Waals surface area contributed by atoms with Crippen molar-refractivity contribution in [3.63, 3.8) is 0 Å². The van der Waals surface area contributed by atoms with E-state index < -0.39 is 0 Å². The van der Waals surface area contributed by atoms with Gasteiger partial charge in [-0.15, -0.1) is 0 Å². The van der Waals surface area contributed by atoms with Crippen LogP contribution in [-0.4, -0.2) is 19.7 Å². The van der Waals surface area contributed by atoms with Crippen molar-refractivity contribution in [2.24, 2.45) is 5.92 Å². The molecule has 23 heavy (non-hydrogen) atoms. The van der Waals surface area contributed by atoms with Crippen LogP contribution in [0.15, 0.2) is 24.3 Å². The molecule has 122 valence electrons. The molecule has 4 nitrogen and oxygen atoms in total. The molecule has 0 amide bonds. The molecule has 1 N–H and O–H groups in total. The van der Waals surface area contributed by atoms with Crippen molar-refractivity contribution in [2.45, 2.75) is 46.6 Å². The fourth-order valence-electron chi connectivity index (χ4n) is 2.79. The third kappa shape index (κ3) is 3.31. The van der Waals surface area contributed by atoms with Crippen molar-refractivity contribution in [3.05, 3.63) is 40.5 Å². The molecule has 0 aliphatic heterocycles. The van der Waals surface area contributed by atoms with E-state index in [-0.39, 0.29) is 6.61 Å². The third-order valence-corrected chi connectivity index (χ3v) is 4.79. The molecule has 1 aromatic carbocycles.